The quantitative estimate of drug-likeness (QED) is 0.915. The predicted octanol–water partition coefficient (Wildman–Crippen LogP) is 2.00. The van der Waals surface area contributed by atoms with Crippen molar-refractivity contribution in [2.75, 3.05) is 7.11 Å². The molecule has 0 aliphatic heterocycles. The summed E-state index contributed by atoms with van der Waals surface area (Å²) in [5.41, 5.74) is 11.0. The number of ether oxygens (including phenoxy) is 1. The van der Waals surface area contributed by atoms with Gasteiger partial charge in [-0.1, -0.05) is 6.07 Å². The fourth-order valence-corrected chi connectivity index (χ4v) is 2.72. The first-order chi connectivity index (χ1) is 9.19. The van der Waals surface area contributed by atoms with Crippen molar-refractivity contribution in [1.29, 1.82) is 0 Å². The highest BCUT2D eigenvalue weighted by molar-refractivity contribution is 5.71. The standard InChI is InChI=1S/C15H19N3O/c1-10(16)9-18-15-12(8-17-18)4-3-11-5-6-13(19-2)7-14(11)15/h5-8,10H,3-4,9,16H2,1-2H3. The van der Waals surface area contributed by atoms with Crippen LogP contribution in [0.3, 0.4) is 0 Å². The van der Waals surface area contributed by atoms with Crippen molar-refractivity contribution < 1.29 is 4.74 Å². The lowest BCUT2D eigenvalue weighted by Crippen LogP contribution is -2.23. The molecule has 4 nitrogen and oxygen atoms in total. The second kappa shape index (κ2) is 4.70. The van der Waals surface area contributed by atoms with Crippen LogP contribution in [-0.2, 0) is 19.4 Å². The first-order valence-corrected chi connectivity index (χ1v) is 6.66. The van der Waals surface area contributed by atoms with Gasteiger partial charge in [0.25, 0.3) is 0 Å². The van der Waals surface area contributed by atoms with E-state index in [2.05, 4.69) is 17.2 Å². The molecule has 1 unspecified atom stereocenters. The van der Waals surface area contributed by atoms with Gasteiger partial charge in [-0.15, -0.1) is 0 Å². The summed E-state index contributed by atoms with van der Waals surface area (Å²) in [7, 11) is 1.70. The maximum atomic E-state index is 5.91. The molecule has 1 aliphatic rings. The van der Waals surface area contributed by atoms with Gasteiger partial charge in [-0.05, 0) is 43.0 Å². The predicted molar refractivity (Wildman–Crippen MR) is 75.3 cm³/mol. The molecule has 4 heteroatoms. The van der Waals surface area contributed by atoms with Crippen molar-refractivity contribution in [2.24, 2.45) is 5.73 Å². The molecule has 1 aromatic carbocycles. The van der Waals surface area contributed by atoms with Crippen LogP contribution in [0, 0.1) is 0 Å². The topological polar surface area (TPSA) is 53.1 Å². The van der Waals surface area contributed by atoms with Crippen LogP contribution in [-0.4, -0.2) is 22.9 Å². The van der Waals surface area contributed by atoms with E-state index in [0.717, 1.165) is 25.1 Å². The number of rotatable bonds is 3. The zero-order valence-corrected chi connectivity index (χ0v) is 11.4. The third-order valence-electron chi connectivity index (χ3n) is 3.61. The molecule has 1 atom stereocenters. The SMILES string of the molecule is COc1ccc2c(c1)-c1c(cnn1CC(C)N)CC2. The molecule has 0 radical (unpaired) electrons. The van der Waals surface area contributed by atoms with Crippen LogP contribution in [0.1, 0.15) is 18.1 Å². The molecule has 3 rings (SSSR count). The van der Waals surface area contributed by atoms with Crippen LogP contribution < -0.4 is 10.5 Å². The number of hydrogen-bond acceptors (Lipinski definition) is 3. The molecule has 1 aromatic heterocycles. The second-order valence-electron chi connectivity index (χ2n) is 5.20. The average Bonchev–Trinajstić information content (AvgIpc) is 2.81. The van der Waals surface area contributed by atoms with E-state index in [4.69, 9.17) is 10.5 Å². The second-order valence-corrected chi connectivity index (χ2v) is 5.20. The van der Waals surface area contributed by atoms with E-state index < -0.39 is 0 Å². The Morgan fingerprint density at radius 3 is 2.89 bits per heavy atom. The summed E-state index contributed by atoms with van der Waals surface area (Å²) in [5.74, 6) is 0.889. The molecule has 0 amide bonds. The number of nitrogens with zero attached hydrogens (tertiary/aromatic N) is 2. The fraction of sp³-hybridized carbons (Fsp3) is 0.400. The third-order valence-corrected chi connectivity index (χ3v) is 3.61. The zero-order valence-electron chi connectivity index (χ0n) is 11.4. The van der Waals surface area contributed by atoms with Gasteiger partial charge in [0.1, 0.15) is 5.75 Å². The molecule has 1 aliphatic carbocycles. The summed E-state index contributed by atoms with van der Waals surface area (Å²) in [6, 6.07) is 6.38. The van der Waals surface area contributed by atoms with Gasteiger partial charge in [-0.25, -0.2) is 0 Å². The molecule has 0 fully saturated rings. The number of methoxy groups -OCH3 is 1. The lowest BCUT2D eigenvalue weighted by Gasteiger charge is -2.20. The molecule has 2 N–H and O–H groups in total. The van der Waals surface area contributed by atoms with Crippen LogP contribution >= 0.6 is 0 Å². The van der Waals surface area contributed by atoms with Gasteiger partial charge in [0.2, 0.25) is 0 Å². The summed E-state index contributed by atoms with van der Waals surface area (Å²) in [5, 5.41) is 4.49. The highest BCUT2D eigenvalue weighted by Crippen LogP contribution is 2.35. The molecule has 19 heavy (non-hydrogen) atoms. The number of fused-ring (bicyclic) bond motifs is 3. The Morgan fingerprint density at radius 2 is 2.16 bits per heavy atom. The van der Waals surface area contributed by atoms with Crippen molar-refractivity contribution >= 4 is 0 Å². The summed E-state index contributed by atoms with van der Waals surface area (Å²) in [4.78, 5) is 0. The van der Waals surface area contributed by atoms with Crippen molar-refractivity contribution in [3.63, 3.8) is 0 Å². The summed E-state index contributed by atoms with van der Waals surface area (Å²) < 4.78 is 7.36. The first kappa shape index (κ1) is 12.2. The largest absolute Gasteiger partial charge is 0.497 e. The normalized spacial score (nSPS) is 14.7. The van der Waals surface area contributed by atoms with Gasteiger partial charge in [0.15, 0.2) is 0 Å². The Balaban J connectivity index is 2.12. The van der Waals surface area contributed by atoms with Crippen LogP contribution in [0.5, 0.6) is 5.75 Å². The maximum absolute atomic E-state index is 5.91. The molecule has 2 aromatic rings. The van der Waals surface area contributed by atoms with Crippen molar-refractivity contribution in [2.45, 2.75) is 32.4 Å². The maximum Gasteiger partial charge on any atom is 0.119 e. The van der Waals surface area contributed by atoms with Crippen molar-refractivity contribution in [3.8, 4) is 17.0 Å². The highest BCUT2D eigenvalue weighted by Gasteiger charge is 2.21. The molecule has 100 valence electrons. The Labute approximate surface area is 113 Å². The Bertz CT molecular complexity index is 601. The number of aryl methyl sites for hydroxylation is 2. The molecule has 0 bridgehead atoms. The van der Waals surface area contributed by atoms with Crippen LogP contribution in [0.25, 0.3) is 11.3 Å². The van der Waals surface area contributed by atoms with E-state index >= 15 is 0 Å². The highest BCUT2D eigenvalue weighted by atomic mass is 16.5. The Hall–Kier alpha value is -1.81. The molecular weight excluding hydrogens is 238 g/mol. The summed E-state index contributed by atoms with van der Waals surface area (Å²) in [6.07, 6.45) is 4.09. The van der Waals surface area contributed by atoms with Gasteiger partial charge in [0, 0.05) is 11.6 Å². The lowest BCUT2D eigenvalue weighted by molar-refractivity contribution is 0.414. The van der Waals surface area contributed by atoms with Crippen LogP contribution in [0.2, 0.25) is 0 Å². The summed E-state index contributed by atoms with van der Waals surface area (Å²) >= 11 is 0. The Kier molecular flexibility index (Phi) is 3.03. The van der Waals surface area contributed by atoms with Gasteiger partial charge >= 0.3 is 0 Å². The molecule has 0 spiro atoms. The zero-order chi connectivity index (χ0) is 13.4. The Morgan fingerprint density at radius 1 is 1.37 bits per heavy atom. The lowest BCUT2D eigenvalue weighted by atomic mass is 9.90. The van der Waals surface area contributed by atoms with E-state index in [1.54, 1.807) is 7.11 Å². The molecular formula is C15H19N3O. The smallest absolute Gasteiger partial charge is 0.119 e. The number of aromatic nitrogens is 2. The molecule has 1 heterocycles. The van der Waals surface area contributed by atoms with Crippen molar-refractivity contribution in [1.82, 2.24) is 9.78 Å². The minimum Gasteiger partial charge on any atom is -0.497 e. The number of nitrogens with two attached hydrogens (primary N) is 1. The van der Waals surface area contributed by atoms with E-state index in [9.17, 15) is 0 Å². The van der Waals surface area contributed by atoms with Crippen LogP contribution in [0.15, 0.2) is 24.4 Å². The van der Waals surface area contributed by atoms with Gasteiger partial charge in [-0.2, -0.15) is 5.10 Å². The van der Waals surface area contributed by atoms with Gasteiger partial charge < -0.3 is 10.5 Å². The van der Waals surface area contributed by atoms with E-state index in [1.807, 2.05) is 23.9 Å². The van der Waals surface area contributed by atoms with E-state index in [1.165, 1.54) is 22.4 Å². The monoisotopic (exact) mass is 257 g/mol. The van der Waals surface area contributed by atoms with Gasteiger partial charge in [0.05, 0.1) is 25.5 Å². The minimum atomic E-state index is 0.0972. The third kappa shape index (κ3) is 2.12. The first-order valence-electron chi connectivity index (χ1n) is 6.66. The molecule has 0 saturated heterocycles. The van der Waals surface area contributed by atoms with Crippen molar-refractivity contribution in [3.05, 3.63) is 35.5 Å². The summed E-state index contributed by atoms with van der Waals surface area (Å²) in [6.45, 7) is 2.75. The van der Waals surface area contributed by atoms with Gasteiger partial charge in [-0.3, -0.25) is 4.68 Å². The van der Waals surface area contributed by atoms with E-state index in [-0.39, 0.29) is 6.04 Å². The minimum absolute atomic E-state index is 0.0972. The van der Waals surface area contributed by atoms with E-state index in [0.29, 0.717) is 0 Å². The fourth-order valence-electron chi connectivity index (χ4n) is 2.72. The van der Waals surface area contributed by atoms with Crippen LogP contribution in [0.4, 0.5) is 0 Å². The molecule has 0 saturated carbocycles. The average molecular weight is 257 g/mol. The number of benzene rings is 1. The number of hydrogen-bond donors (Lipinski definition) is 1.